The highest BCUT2D eigenvalue weighted by Gasteiger charge is 2.16. The van der Waals surface area contributed by atoms with Crippen LogP contribution in [0.1, 0.15) is 25.1 Å². The molecule has 0 saturated heterocycles. The average molecular weight is 378 g/mol. The number of thioether (sulfide) groups is 1. The van der Waals surface area contributed by atoms with Crippen molar-refractivity contribution in [1.29, 1.82) is 0 Å². The van der Waals surface area contributed by atoms with E-state index in [0.717, 1.165) is 35.9 Å². The van der Waals surface area contributed by atoms with Crippen molar-refractivity contribution in [3.05, 3.63) is 38.8 Å². The minimum Gasteiger partial charge on any atom is -0.302 e. The first-order valence-electron chi connectivity index (χ1n) is 7.93. The van der Waals surface area contributed by atoms with Gasteiger partial charge in [0, 0.05) is 22.4 Å². The van der Waals surface area contributed by atoms with Gasteiger partial charge in [0.15, 0.2) is 11.0 Å². The molecule has 0 fully saturated rings. The lowest BCUT2D eigenvalue weighted by Crippen LogP contribution is -2.03. The Balaban J connectivity index is 1.79. The van der Waals surface area contributed by atoms with Crippen molar-refractivity contribution in [2.24, 2.45) is 0 Å². The Labute approximate surface area is 153 Å². The molecule has 0 aliphatic carbocycles. The predicted octanol–water partition coefficient (Wildman–Crippen LogP) is 3.83. The molecule has 0 aliphatic rings. The Morgan fingerprint density at radius 2 is 2.20 bits per heavy atom. The smallest absolute Gasteiger partial charge is 0.302 e. The lowest BCUT2D eigenvalue weighted by Gasteiger charge is -2.07. The van der Waals surface area contributed by atoms with E-state index in [1.165, 1.54) is 33.7 Å². The minimum atomic E-state index is -0.451. The maximum atomic E-state index is 10.7. The molecule has 0 aromatic carbocycles. The van der Waals surface area contributed by atoms with E-state index in [1.807, 2.05) is 0 Å². The summed E-state index contributed by atoms with van der Waals surface area (Å²) in [5.41, 5.74) is 1.08. The summed E-state index contributed by atoms with van der Waals surface area (Å²) in [5.74, 6) is 1.31. The van der Waals surface area contributed by atoms with Gasteiger partial charge in [0.05, 0.1) is 10.8 Å². The van der Waals surface area contributed by atoms with Gasteiger partial charge >= 0.3 is 5.69 Å². The van der Waals surface area contributed by atoms with E-state index in [1.54, 1.807) is 11.3 Å². The highest BCUT2D eigenvalue weighted by molar-refractivity contribution is 7.98. The SMILES string of the molecule is CCCn1c(SCn2cc([N+](=O)[O-])cn2)nnc1-c1csc(CC)c1. The quantitative estimate of drug-likeness (QED) is 0.336. The van der Waals surface area contributed by atoms with Crippen LogP contribution < -0.4 is 0 Å². The van der Waals surface area contributed by atoms with Crippen molar-refractivity contribution in [3.8, 4) is 11.4 Å². The first-order valence-corrected chi connectivity index (χ1v) is 9.79. The van der Waals surface area contributed by atoms with Crippen LogP contribution in [0.2, 0.25) is 0 Å². The third kappa shape index (κ3) is 3.90. The molecule has 0 N–H and O–H groups in total. The van der Waals surface area contributed by atoms with Gasteiger partial charge in [-0.15, -0.1) is 21.5 Å². The second-order valence-corrected chi connectivity index (χ2v) is 7.29. The maximum Gasteiger partial charge on any atom is 0.307 e. The van der Waals surface area contributed by atoms with E-state index in [-0.39, 0.29) is 5.69 Å². The van der Waals surface area contributed by atoms with Crippen LogP contribution in [0.15, 0.2) is 29.0 Å². The molecule has 3 rings (SSSR count). The third-order valence-electron chi connectivity index (χ3n) is 3.58. The van der Waals surface area contributed by atoms with Crippen LogP contribution in [0, 0.1) is 10.1 Å². The zero-order valence-corrected chi connectivity index (χ0v) is 15.6. The molecule has 0 atom stereocenters. The highest BCUT2D eigenvalue weighted by Crippen LogP contribution is 2.29. The van der Waals surface area contributed by atoms with Crippen molar-refractivity contribution in [2.45, 2.75) is 44.3 Å². The van der Waals surface area contributed by atoms with E-state index in [2.05, 4.69) is 45.2 Å². The predicted molar refractivity (Wildman–Crippen MR) is 97.7 cm³/mol. The number of nitro groups is 1. The summed E-state index contributed by atoms with van der Waals surface area (Å²) in [4.78, 5) is 11.6. The molecular formula is C15H18N6O2S2. The number of hydrogen-bond acceptors (Lipinski definition) is 7. The number of thiophene rings is 1. The van der Waals surface area contributed by atoms with Crippen molar-refractivity contribution in [2.75, 3.05) is 0 Å². The summed E-state index contributed by atoms with van der Waals surface area (Å²) >= 11 is 3.19. The number of hydrogen-bond donors (Lipinski definition) is 0. The fraction of sp³-hybridized carbons (Fsp3) is 0.400. The van der Waals surface area contributed by atoms with Gasteiger partial charge in [0.25, 0.3) is 0 Å². The van der Waals surface area contributed by atoms with Crippen LogP contribution in [0.25, 0.3) is 11.4 Å². The van der Waals surface area contributed by atoms with Crippen LogP contribution in [0.5, 0.6) is 0 Å². The third-order valence-corrected chi connectivity index (χ3v) is 5.62. The molecule has 10 heteroatoms. The normalized spacial score (nSPS) is 11.1. The summed E-state index contributed by atoms with van der Waals surface area (Å²) < 4.78 is 3.64. The van der Waals surface area contributed by atoms with Gasteiger partial charge in [-0.3, -0.25) is 14.8 Å². The topological polar surface area (TPSA) is 91.7 Å². The van der Waals surface area contributed by atoms with Crippen molar-refractivity contribution >= 4 is 28.8 Å². The maximum absolute atomic E-state index is 10.7. The van der Waals surface area contributed by atoms with Gasteiger partial charge in [-0.2, -0.15) is 5.10 Å². The highest BCUT2D eigenvalue weighted by atomic mass is 32.2. The molecule has 3 heterocycles. The largest absolute Gasteiger partial charge is 0.307 e. The number of aryl methyl sites for hydroxylation is 1. The van der Waals surface area contributed by atoms with Gasteiger partial charge < -0.3 is 4.57 Å². The molecule has 132 valence electrons. The van der Waals surface area contributed by atoms with Gasteiger partial charge in [-0.1, -0.05) is 25.6 Å². The first kappa shape index (κ1) is 17.6. The molecular weight excluding hydrogens is 360 g/mol. The first-order chi connectivity index (χ1) is 12.1. The van der Waals surface area contributed by atoms with Crippen LogP contribution in [-0.4, -0.2) is 29.5 Å². The van der Waals surface area contributed by atoms with E-state index < -0.39 is 4.92 Å². The van der Waals surface area contributed by atoms with E-state index in [4.69, 9.17) is 0 Å². The monoisotopic (exact) mass is 378 g/mol. The lowest BCUT2D eigenvalue weighted by molar-refractivity contribution is -0.385. The molecule has 8 nitrogen and oxygen atoms in total. The molecule has 25 heavy (non-hydrogen) atoms. The summed E-state index contributed by atoms with van der Waals surface area (Å²) in [6, 6.07) is 2.16. The number of rotatable bonds is 8. The molecule has 0 radical (unpaired) electrons. The Kier molecular flexibility index (Phi) is 5.49. The lowest BCUT2D eigenvalue weighted by atomic mass is 10.2. The van der Waals surface area contributed by atoms with E-state index >= 15 is 0 Å². The van der Waals surface area contributed by atoms with Gasteiger partial charge in [0.2, 0.25) is 0 Å². The second-order valence-electron chi connectivity index (χ2n) is 5.38. The molecule has 0 unspecified atom stereocenters. The van der Waals surface area contributed by atoms with E-state index in [9.17, 15) is 10.1 Å². The Hall–Kier alpha value is -2.20. The molecule has 3 aromatic rings. The van der Waals surface area contributed by atoms with Crippen LogP contribution >= 0.6 is 23.1 Å². The van der Waals surface area contributed by atoms with Crippen LogP contribution in [-0.2, 0) is 18.8 Å². The van der Waals surface area contributed by atoms with Gasteiger partial charge in [0.1, 0.15) is 12.4 Å². The Morgan fingerprint density at radius 1 is 1.36 bits per heavy atom. The Bertz CT molecular complexity index is 869. The standard InChI is InChI=1S/C15H18N6O2S2/c1-3-5-20-14(11-6-13(4-2)24-9-11)17-18-15(20)25-10-19-8-12(7-16-19)21(22)23/h6-9H,3-5,10H2,1-2H3. The Morgan fingerprint density at radius 3 is 2.84 bits per heavy atom. The summed E-state index contributed by atoms with van der Waals surface area (Å²) in [7, 11) is 0. The molecule has 0 saturated carbocycles. The molecule has 0 aliphatic heterocycles. The summed E-state index contributed by atoms with van der Waals surface area (Å²) in [5, 5.41) is 26.3. The number of aromatic nitrogens is 5. The zero-order chi connectivity index (χ0) is 17.8. The molecule has 3 aromatic heterocycles. The van der Waals surface area contributed by atoms with Crippen molar-refractivity contribution in [3.63, 3.8) is 0 Å². The minimum absolute atomic E-state index is 0.0123. The van der Waals surface area contributed by atoms with Crippen molar-refractivity contribution in [1.82, 2.24) is 24.5 Å². The van der Waals surface area contributed by atoms with Crippen LogP contribution in [0.4, 0.5) is 5.69 Å². The van der Waals surface area contributed by atoms with Crippen molar-refractivity contribution < 1.29 is 4.92 Å². The summed E-state index contributed by atoms with van der Waals surface area (Å²) in [6.45, 7) is 5.07. The second kappa shape index (κ2) is 7.79. The molecule has 0 spiro atoms. The fourth-order valence-electron chi connectivity index (χ4n) is 2.36. The van der Waals surface area contributed by atoms with Gasteiger partial charge in [-0.25, -0.2) is 0 Å². The van der Waals surface area contributed by atoms with Gasteiger partial charge in [-0.05, 0) is 18.9 Å². The molecule has 0 bridgehead atoms. The summed E-state index contributed by atoms with van der Waals surface area (Å²) in [6.07, 6.45) is 4.64. The van der Waals surface area contributed by atoms with E-state index in [0.29, 0.717) is 5.88 Å². The average Bonchev–Trinajstić information content (AvgIpc) is 3.32. The zero-order valence-electron chi connectivity index (χ0n) is 14.0. The fourth-order valence-corrected chi connectivity index (χ4v) is 3.99. The van der Waals surface area contributed by atoms with Crippen LogP contribution in [0.3, 0.4) is 0 Å². The molecule has 0 amide bonds. The number of nitrogens with zero attached hydrogens (tertiary/aromatic N) is 6.